The van der Waals surface area contributed by atoms with E-state index in [0.29, 0.717) is 12.6 Å². The highest BCUT2D eigenvalue weighted by molar-refractivity contribution is 5.32. The molecular weight excluding hydrogens is 206 g/mol. The molecule has 0 aromatic carbocycles. The van der Waals surface area contributed by atoms with E-state index in [2.05, 4.69) is 21.8 Å². The lowest BCUT2D eigenvalue weighted by atomic mass is 10.2. The molecule has 2 rings (SSSR count). The molecular formula is C11H17N3O2. The van der Waals surface area contributed by atoms with Gasteiger partial charge in [0, 0.05) is 24.5 Å². The summed E-state index contributed by atoms with van der Waals surface area (Å²) in [6.45, 7) is 5.62. The number of aromatic nitrogens is 2. The summed E-state index contributed by atoms with van der Waals surface area (Å²) in [5.41, 5.74) is 0.734. The molecule has 1 aromatic rings. The Morgan fingerprint density at radius 3 is 2.75 bits per heavy atom. The van der Waals surface area contributed by atoms with Crippen LogP contribution in [0.1, 0.15) is 19.4 Å². The van der Waals surface area contributed by atoms with Gasteiger partial charge in [-0.3, -0.25) is 0 Å². The Morgan fingerprint density at radius 2 is 2.12 bits per heavy atom. The second-order valence-electron chi connectivity index (χ2n) is 4.19. The Hall–Kier alpha value is -1.20. The maximum absolute atomic E-state index is 8.92. The molecule has 1 N–H and O–H groups in total. The number of morpholine rings is 1. The highest BCUT2D eigenvalue weighted by atomic mass is 16.5. The van der Waals surface area contributed by atoms with Crippen LogP contribution in [0.15, 0.2) is 12.4 Å². The van der Waals surface area contributed by atoms with E-state index < -0.39 is 0 Å². The molecule has 0 aliphatic carbocycles. The number of aliphatic hydroxyl groups is 1. The first-order valence-electron chi connectivity index (χ1n) is 5.50. The van der Waals surface area contributed by atoms with Gasteiger partial charge in [0.2, 0.25) is 5.95 Å². The first kappa shape index (κ1) is 11.3. The molecule has 88 valence electrons. The van der Waals surface area contributed by atoms with Crippen molar-refractivity contribution in [2.75, 3.05) is 18.1 Å². The largest absolute Gasteiger partial charge is 0.392 e. The Bertz CT molecular complexity index is 342. The summed E-state index contributed by atoms with van der Waals surface area (Å²) in [4.78, 5) is 10.6. The molecule has 1 saturated heterocycles. The van der Waals surface area contributed by atoms with Crippen molar-refractivity contribution in [3.63, 3.8) is 0 Å². The van der Waals surface area contributed by atoms with Gasteiger partial charge in [-0.1, -0.05) is 0 Å². The Morgan fingerprint density at radius 1 is 1.44 bits per heavy atom. The SMILES string of the molecule is CC1CN(c2ncc(CO)cn2)C(C)CO1. The summed E-state index contributed by atoms with van der Waals surface area (Å²) in [7, 11) is 0. The Kier molecular flexibility index (Phi) is 3.36. The molecule has 1 aliphatic heterocycles. The summed E-state index contributed by atoms with van der Waals surface area (Å²) in [5.74, 6) is 0.708. The molecule has 1 aliphatic rings. The minimum Gasteiger partial charge on any atom is -0.392 e. The molecule has 16 heavy (non-hydrogen) atoms. The van der Waals surface area contributed by atoms with Crippen LogP contribution in [0.25, 0.3) is 0 Å². The normalized spacial score (nSPS) is 25.8. The number of aliphatic hydroxyl groups excluding tert-OH is 1. The molecule has 5 heteroatoms. The van der Waals surface area contributed by atoms with E-state index >= 15 is 0 Å². The Labute approximate surface area is 95.1 Å². The number of anilines is 1. The molecule has 1 aromatic heterocycles. The molecule has 1 fully saturated rings. The predicted octanol–water partition coefficient (Wildman–Crippen LogP) is 0.583. The van der Waals surface area contributed by atoms with Crippen molar-refractivity contribution in [3.8, 4) is 0 Å². The zero-order valence-electron chi connectivity index (χ0n) is 9.63. The van der Waals surface area contributed by atoms with E-state index in [1.165, 1.54) is 0 Å². The summed E-state index contributed by atoms with van der Waals surface area (Å²) in [5, 5.41) is 8.92. The van der Waals surface area contributed by atoms with Crippen molar-refractivity contribution in [1.82, 2.24) is 9.97 Å². The van der Waals surface area contributed by atoms with Gasteiger partial charge in [-0.15, -0.1) is 0 Å². The van der Waals surface area contributed by atoms with Crippen molar-refractivity contribution < 1.29 is 9.84 Å². The van der Waals surface area contributed by atoms with Crippen LogP contribution in [0.3, 0.4) is 0 Å². The summed E-state index contributed by atoms with van der Waals surface area (Å²) in [6.07, 6.45) is 3.53. The quantitative estimate of drug-likeness (QED) is 0.795. The molecule has 0 bridgehead atoms. The molecule has 0 spiro atoms. The van der Waals surface area contributed by atoms with Crippen molar-refractivity contribution in [3.05, 3.63) is 18.0 Å². The molecule has 2 heterocycles. The van der Waals surface area contributed by atoms with Gasteiger partial charge in [-0.2, -0.15) is 0 Å². The van der Waals surface area contributed by atoms with E-state index in [1.807, 2.05) is 6.92 Å². The van der Waals surface area contributed by atoms with Crippen LogP contribution >= 0.6 is 0 Å². The smallest absolute Gasteiger partial charge is 0.225 e. The second kappa shape index (κ2) is 4.76. The summed E-state index contributed by atoms with van der Waals surface area (Å²) in [6, 6.07) is 0.288. The van der Waals surface area contributed by atoms with Crippen molar-refractivity contribution in [2.24, 2.45) is 0 Å². The predicted molar refractivity (Wildman–Crippen MR) is 60.2 cm³/mol. The fourth-order valence-electron chi connectivity index (χ4n) is 1.76. The van der Waals surface area contributed by atoms with E-state index in [4.69, 9.17) is 9.84 Å². The van der Waals surface area contributed by atoms with Gasteiger partial charge in [0.1, 0.15) is 0 Å². The van der Waals surface area contributed by atoms with Crippen LogP contribution in [0.4, 0.5) is 5.95 Å². The van der Waals surface area contributed by atoms with Gasteiger partial charge in [0.05, 0.1) is 25.4 Å². The minimum atomic E-state index is -0.0185. The van der Waals surface area contributed by atoms with Crippen LogP contribution in [0.2, 0.25) is 0 Å². The third-order valence-electron chi connectivity index (χ3n) is 2.74. The van der Waals surface area contributed by atoms with Crippen LogP contribution in [0.5, 0.6) is 0 Å². The molecule has 5 nitrogen and oxygen atoms in total. The van der Waals surface area contributed by atoms with Crippen molar-refractivity contribution in [1.29, 1.82) is 0 Å². The van der Waals surface area contributed by atoms with Gasteiger partial charge in [0.25, 0.3) is 0 Å². The molecule has 0 saturated carbocycles. The van der Waals surface area contributed by atoms with Crippen molar-refractivity contribution in [2.45, 2.75) is 32.6 Å². The highest BCUT2D eigenvalue weighted by Gasteiger charge is 2.25. The number of nitrogens with zero attached hydrogens (tertiary/aromatic N) is 3. The molecule has 0 amide bonds. The fraction of sp³-hybridized carbons (Fsp3) is 0.636. The van der Waals surface area contributed by atoms with Gasteiger partial charge >= 0.3 is 0 Å². The summed E-state index contributed by atoms with van der Waals surface area (Å²) < 4.78 is 5.55. The van der Waals surface area contributed by atoms with Gasteiger partial charge in [-0.05, 0) is 13.8 Å². The molecule has 2 unspecified atom stereocenters. The third-order valence-corrected chi connectivity index (χ3v) is 2.74. The fourth-order valence-corrected chi connectivity index (χ4v) is 1.76. The first-order chi connectivity index (χ1) is 7.70. The molecule has 0 radical (unpaired) electrons. The topological polar surface area (TPSA) is 58.5 Å². The lowest BCUT2D eigenvalue weighted by molar-refractivity contribution is 0.0337. The summed E-state index contributed by atoms with van der Waals surface area (Å²) >= 11 is 0. The Balaban J connectivity index is 2.15. The third kappa shape index (κ3) is 2.31. The van der Waals surface area contributed by atoms with E-state index in [0.717, 1.165) is 12.1 Å². The average Bonchev–Trinajstić information content (AvgIpc) is 2.32. The number of rotatable bonds is 2. The highest BCUT2D eigenvalue weighted by Crippen LogP contribution is 2.17. The van der Waals surface area contributed by atoms with E-state index in [9.17, 15) is 0 Å². The monoisotopic (exact) mass is 223 g/mol. The molecule has 2 atom stereocenters. The maximum Gasteiger partial charge on any atom is 0.225 e. The van der Waals surface area contributed by atoms with Crippen molar-refractivity contribution >= 4 is 5.95 Å². The lowest BCUT2D eigenvalue weighted by Crippen LogP contribution is -2.48. The number of hydrogen-bond donors (Lipinski definition) is 1. The second-order valence-corrected chi connectivity index (χ2v) is 4.19. The van der Waals surface area contributed by atoms with Gasteiger partial charge in [0.15, 0.2) is 0 Å². The number of ether oxygens (including phenoxy) is 1. The lowest BCUT2D eigenvalue weighted by Gasteiger charge is -2.36. The average molecular weight is 223 g/mol. The van der Waals surface area contributed by atoms with Crippen LogP contribution in [0, 0.1) is 0 Å². The van der Waals surface area contributed by atoms with E-state index in [-0.39, 0.29) is 18.8 Å². The van der Waals surface area contributed by atoms with Crippen LogP contribution in [-0.2, 0) is 11.3 Å². The van der Waals surface area contributed by atoms with Gasteiger partial charge in [-0.25, -0.2) is 9.97 Å². The van der Waals surface area contributed by atoms with E-state index in [1.54, 1.807) is 12.4 Å². The standard InChI is InChI=1S/C11H17N3O2/c1-8-7-16-9(2)5-14(8)11-12-3-10(6-15)4-13-11/h3-4,8-9,15H,5-7H2,1-2H3. The zero-order chi connectivity index (χ0) is 11.5. The van der Waals surface area contributed by atoms with Crippen LogP contribution in [-0.4, -0.2) is 40.4 Å². The minimum absolute atomic E-state index is 0.0185. The zero-order valence-corrected chi connectivity index (χ0v) is 9.63. The van der Waals surface area contributed by atoms with Crippen LogP contribution < -0.4 is 4.90 Å². The number of hydrogen-bond acceptors (Lipinski definition) is 5. The maximum atomic E-state index is 8.92. The van der Waals surface area contributed by atoms with Gasteiger partial charge < -0.3 is 14.7 Å². The first-order valence-corrected chi connectivity index (χ1v) is 5.50.